The van der Waals surface area contributed by atoms with Crippen LogP contribution in [0, 0.1) is 6.92 Å². The van der Waals surface area contributed by atoms with E-state index >= 15 is 0 Å². The zero-order chi connectivity index (χ0) is 20.2. The second-order valence-corrected chi connectivity index (χ2v) is 7.07. The largest absolute Gasteiger partial charge is 0.372 e. The van der Waals surface area contributed by atoms with Gasteiger partial charge < -0.3 is 20.9 Å². The monoisotopic (exact) mass is 402 g/mol. The Bertz CT molecular complexity index is 746. The van der Waals surface area contributed by atoms with Gasteiger partial charge >= 0.3 is 0 Å². The molecule has 152 valence electrons. The van der Waals surface area contributed by atoms with E-state index in [0.717, 1.165) is 37.7 Å². The highest BCUT2D eigenvalue weighted by Crippen LogP contribution is 2.13. The van der Waals surface area contributed by atoms with Crippen molar-refractivity contribution in [2.24, 2.45) is 4.99 Å². The number of para-hydroxylation sites is 1. The smallest absolute Gasteiger partial charge is 0.263 e. The van der Waals surface area contributed by atoms with Crippen LogP contribution in [0.4, 0.5) is 5.69 Å². The van der Waals surface area contributed by atoms with E-state index in [-0.39, 0.29) is 5.91 Å². The van der Waals surface area contributed by atoms with Gasteiger partial charge in [-0.1, -0.05) is 18.2 Å². The lowest BCUT2D eigenvalue weighted by Crippen LogP contribution is -2.42. The Balaban J connectivity index is 1.62. The van der Waals surface area contributed by atoms with Gasteiger partial charge in [0.1, 0.15) is 4.88 Å². The fraction of sp³-hybridized carbons (Fsp3) is 0.450. The van der Waals surface area contributed by atoms with Crippen LogP contribution in [0.15, 0.2) is 40.8 Å². The highest BCUT2D eigenvalue weighted by Gasteiger charge is 2.10. The van der Waals surface area contributed by atoms with Crippen molar-refractivity contribution >= 4 is 28.9 Å². The summed E-state index contributed by atoms with van der Waals surface area (Å²) in [6, 6.07) is 10.4. The molecule has 28 heavy (non-hydrogen) atoms. The molecular formula is C20H30N6OS. The summed E-state index contributed by atoms with van der Waals surface area (Å²) in [5.74, 6) is 0.663. The Kier molecular flexibility index (Phi) is 9.27. The number of rotatable bonds is 10. The van der Waals surface area contributed by atoms with Crippen LogP contribution in [0.2, 0.25) is 0 Å². The second kappa shape index (κ2) is 12.0. The fourth-order valence-corrected chi connectivity index (χ4v) is 3.48. The van der Waals surface area contributed by atoms with Crippen LogP contribution >= 0.6 is 11.3 Å². The number of aliphatic imine (C=N–C) groups is 1. The van der Waals surface area contributed by atoms with E-state index in [1.165, 1.54) is 17.0 Å². The van der Waals surface area contributed by atoms with Gasteiger partial charge in [0, 0.05) is 45.5 Å². The van der Waals surface area contributed by atoms with Gasteiger partial charge in [-0.15, -0.1) is 11.3 Å². The van der Waals surface area contributed by atoms with E-state index in [1.807, 2.05) is 13.0 Å². The molecule has 1 amide bonds. The van der Waals surface area contributed by atoms with Crippen LogP contribution < -0.4 is 20.9 Å². The zero-order valence-electron chi connectivity index (χ0n) is 16.9. The third-order valence-electron chi connectivity index (χ3n) is 4.28. The lowest BCUT2D eigenvalue weighted by molar-refractivity contribution is 0.0957. The molecule has 0 radical (unpaired) electrons. The van der Waals surface area contributed by atoms with Crippen molar-refractivity contribution in [3.63, 3.8) is 0 Å². The minimum Gasteiger partial charge on any atom is -0.372 e. The number of nitrogens with one attached hydrogen (secondary N) is 3. The Morgan fingerprint density at radius 2 is 1.86 bits per heavy atom. The Morgan fingerprint density at radius 3 is 2.50 bits per heavy atom. The van der Waals surface area contributed by atoms with E-state index in [0.29, 0.717) is 18.0 Å². The lowest BCUT2D eigenvalue weighted by Gasteiger charge is -2.23. The molecule has 0 bridgehead atoms. The van der Waals surface area contributed by atoms with Crippen molar-refractivity contribution in [1.82, 2.24) is 20.9 Å². The SMILES string of the molecule is CCN(CCCNC(=NC)NCCNC(=O)c1scnc1C)c1ccccc1. The molecule has 3 N–H and O–H groups in total. The lowest BCUT2D eigenvalue weighted by atomic mass is 10.2. The minimum absolute atomic E-state index is 0.0784. The van der Waals surface area contributed by atoms with Crippen molar-refractivity contribution < 1.29 is 4.79 Å². The molecule has 0 saturated carbocycles. The number of benzene rings is 1. The predicted octanol–water partition coefficient (Wildman–Crippen LogP) is 2.26. The van der Waals surface area contributed by atoms with Gasteiger partial charge in [0.05, 0.1) is 11.2 Å². The van der Waals surface area contributed by atoms with Gasteiger partial charge in [0.25, 0.3) is 5.91 Å². The van der Waals surface area contributed by atoms with Crippen molar-refractivity contribution in [2.45, 2.75) is 20.3 Å². The second-order valence-electron chi connectivity index (χ2n) is 6.22. The van der Waals surface area contributed by atoms with Gasteiger partial charge in [-0.05, 0) is 32.4 Å². The quantitative estimate of drug-likeness (QED) is 0.323. The number of guanidine groups is 1. The molecule has 0 fully saturated rings. The summed E-state index contributed by atoms with van der Waals surface area (Å²) < 4.78 is 0. The zero-order valence-corrected chi connectivity index (χ0v) is 17.7. The summed E-state index contributed by atoms with van der Waals surface area (Å²) in [6.07, 6.45) is 1.00. The number of aryl methyl sites for hydroxylation is 1. The van der Waals surface area contributed by atoms with E-state index in [1.54, 1.807) is 12.6 Å². The maximum atomic E-state index is 12.0. The molecule has 1 heterocycles. The van der Waals surface area contributed by atoms with Gasteiger partial charge in [-0.3, -0.25) is 9.79 Å². The number of carbonyl (C=O) groups is 1. The Morgan fingerprint density at radius 1 is 1.14 bits per heavy atom. The normalized spacial score (nSPS) is 11.2. The summed E-state index contributed by atoms with van der Waals surface area (Å²) in [4.78, 5) is 23.4. The summed E-state index contributed by atoms with van der Waals surface area (Å²) in [5.41, 5.74) is 3.70. The summed E-state index contributed by atoms with van der Waals surface area (Å²) in [7, 11) is 1.75. The molecule has 1 aromatic heterocycles. The third kappa shape index (κ3) is 6.84. The standard InChI is InChI=1S/C20H30N6OS/c1-4-26(17-9-6-5-7-10-17)14-8-11-23-20(21-3)24-13-12-22-19(27)18-16(2)25-15-28-18/h5-7,9-10,15H,4,8,11-14H2,1-3H3,(H,22,27)(H2,21,23,24). The van der Waals surface area contributed by atoms with Gasteiger partial charge in [0.2, 0.25) is 0 Å². The number of thiazole rings is 1. The molecule has 2 aromatic rings. The molecule has 7 nitrogen and oxygen atoms in total. The van der Waals surface area contributed by atoms with E-state index in [2.05, 4.69) is 62.0 Å². The summed E-state index contributed by atoms with van der Waals surface area (Å²) in [5, 5.41) is 9.43. The number of amides is 1. The van der Waals surface area contributed by atoms with E-state index in [9.17, 15) is 4.79 Å². The van der Waals surface area contributed by atoms with Crippen molar-refractivity contribution in [3.05, 3.63) is 46.4 Å². The fourth-order valence-electron chi connectivity index (χ4n) is 2.76. The molecule has 0 unspecified atom stereocenters. The molecule has 2 rings (SSSR count). The van der Waals surface area contributed by atoms with E-state index < -0.39 is 0 Å². The molecule has 0 aliphatic heterocycles. The third-order valence-corrected chi connectivity index (χ3v) is 5.21. The van der Waals surface area contributed by atoms with Crippen LogP contribution in [0.3, 0.4) is 0 Å². The number of hydrogen-bond acceptors (Lipinski definition) is 5. The van der Waals surface area contributed by atoms with Gasteiger partial charge in [-0.2, -0.15) is 0 Å². The van der Waals surface area contributed by atoms with Crippen LogP contribution in [-0.2, 0) is 0 Å². The first-order chi connectivity index (χ1) is 13.7. The molecule has 0 aliphatic rings. The number of carbonyl (C=O) groups excluding carboxylic acids is 1. The summed E-state index contributed by atoms with van der Waals surface area (Å²) >= 11 is 1.36. The summed E-state index contributed by atoms with van der Waals surface area (Å²) in [6.45, 7) is 7.93. The maximum absolute atomic E-state index is 12.0. The number of nitrogens with zero attached hydrogens (tertiary/aromatic N) is 3. The molecule has 0 atom stereocenters. The van der Waals surface area contributed by atoms with Crippen molar-refractivity contribution in [3.8, 4) is 0 Å². The molecule has 0 saturated heterocycles. The first kappa shape index (κ1) is 21.7. The van der Waals surface area contributed by atoms with Crippen LogP contribution in [-0.4, -0.2) is 56.6 Å². The average Bonchev–Trinajstić information content (AvgIpc) is 3.16. The number of anilines is 1. The van der Waals surface area contributed by atoms with Crippen LogP contribution in [0.5, 0.6) is 0 Å². The van der Waals surface area contributed by atoms with Crippen molar-refractivity contribution in [2.75, 3.05) is 44.7 Å². The minimum atomic E-state index is -0.0784. The maximum Gasteiger partial charge on any atom is 0.263 e. The molecule has 8 heteroatoms. The van der Waals surface area contributed by atoms with Gasteiger partial charge in [0.15, 0.2) is 5.96 Å². The molecule has 1 aromatic carbocycles. The average molecular weight is 403 g/mol. The molecular weight excluding hydrogens is 372 g/mol. The number of hydrogen-bond donors (Lipinski definition) is 3. The number of aromatic nitrogens is 1. The van der Waals surface area contributed by atoms with Crippen LogP contribution in [0.1, 0.15) is 28.7 Å². The Hall–Kier alpha value is -2.61. The highest BCUT2D eigenvalue weighted by atomic mass is 32.1. The van der Waals surface area contributed by atoms with E-state index in [4.69, 9.17) is 0 Å². The first-order valence-electron chi connectivity index (χ1n) is 9.58. The predicted molar refractivity (Wildman–Crippen MR) is 117 cm³/mol. The Labute approximate surface area is 171 Å². The molecule has 0 aliphatic carbocycles. The molecule has 0 spiro atoms. The first-order valence-corrected chi connectivity index (χ1v) is 10.5. The van der Waals surface area contributed by atoms with Crippen LogP contribution in [0.25, 0.3) is 0 Å². The topological polar surface area (TPSA) is 81.6 Å². The highest BCUT2D eigenvalue weighted by molar-refractivity contribution is 7.11. The van der Waals surface area contributed by atoms with Gasteiger partial charge in [-0.25, -0.2) is 4.98 Å². The van der Waals surface area contributed by atoms with Crippen molar-refractivity contribution in [1.29, 1.82) is 0 Å².